The molecule has 4 nitrogen and oxygen atoms in total. The van der Waals surface area contributed by atoms with Crippen LogP contribution in [-0.4, -0.2) is 29.7 Å². The van der Waals surface area contributed by atoms with Crippen molar-refractivity contribution in [2.24, 2.45) is 5.92 Å². The van der Waals surface area contributed by atoms with Gasteiger partial charge in [0.15, 0.2) is 0 Å². The van der Waals surface area contributed by atoms with Crippen molar-refractivity contribution in [1.82, 2.24) is 4.98 Å². The Hall–Kier alpha value is -1.49. The zero-order valence-corrected chi connectivity index (χ0v) is 18.9. The molecule has 1 N–H and O–H groups in total. The maximum absolute atomic E-state index is 13.2. The van der Waals surface area contributed by atoms with Crippen LogP contribution in [0.15, 0.2) is 17.7 Å². The van der Waals surface area contributed by atoms with Crippen LogP contribution >= 0.6 is 11.8 Å². The molecular weight excluding hydrogens is 378 g/mol. The molecular formula is C24H37N3OS. The molecule has 2 aliphatic rings. The molecule has 5 heteroatoms. The number of pyridine rings is 1. The minimum Gasteiger partial charge on any atom is -0.369 e. The number of nitrogens with zero attached hydrogens (tertiary/aromatic N) is 2. The van der Waals surface area contributed by atoms with Crippen LogP contribution in [0.25, 0.3) is 6.08 Å². The molecule has 3 rings (SSSR count). The number of nitrogens with one attached hydrogen (secondary N) is 1. The number of anilines is 2. The average Bonchev–Trinajstić information content (AvgIpc) is 2.89. The van der Waals surface area contributed by atoms with Gasteiger partial charge in [-0.2, -0.15) is 0 Å². The van der Waals surface area contributed by atoms with Gasteiger partial charge in [-0.05, 0) is 43.9 Å². The van der Waals surface area contributed by atoms with Gasteiger partial charge >= 0.3 is 0 Å². The number of hydrogen-bond donors (Lipinski definition) is 1. The van der Waals surface area contributed by atoms with Crippen LogP contribution in [0.3, 0.4) is 0 Å². The van der Waals surface area contributed by atoms with Gasteiger partial charge in [0.25, 0.3) is 0 Å². The molecule has 1 saturated heterocycles. The number of hydrogen-bond acceptors (Lipinski definition) is 4. The number of carbonyl (C=O) groups is 1. The van der Waals surface area contributed by atoms with Gasteiger partial charge in [-0.3, -0.25) is 9.78 Å². The largest absolute Gasteiger partial charge is 0.369 e. The first-order valence-corrected chi connectivity index (χ1v) is 12.6. The second-order valence-electron chi connectivity index (χ2n) is 8.30. The normalized spacial score (nSPS) is 19.1. The quantitative estimate of drug-likeness (QED) is 0.537. The van der Waals surface area contributed by atoms with E-state index >= 15 is 0 Å². The third-order valence-electron chi connectivity index (χ3n) is 6.17. The van der Waals surface area contributed by atoms with Gasteiger partial charge in [0.05, 0.1) is 28.2 Å². The lowest BCUT2D eigenvalue weighted by Gasteiger charge is -2.33. The van der Waals surface area contributed by atoms with Crippen LogP contribution in [0.4, 0.5) is 11.4 Å². The van der Waals surface area contributed by atoms with Crippen LogP contribution in [0.1, 0.15) is 83.2 Å². The van der Waals surface area contributed by atoms with Crippen molar-refractivity contribution in [3.63, 3.8) is 0 Å². The molecule has 0 aromatic carbocycles. The average molecular weight is 416 g/mol. The predicted molar refractivity (Wildman–Crippen MR) is 126 cm³/mol. The maximum Gasteiger partial charge on any atom is 0.227 e. The van der Waals surface area contributed by atoms with Crippen molar-refractivity contribution in [3.8, 4) is 0 Å². The van der Waals surface area contributed by atoms with Crippen molar-refractivity contribution < 1.29 is 4.79 Å². The van der Waals surface area contributed by atoms with E-state index in [0.29, 0.717) is 0 Å². The monoisotopic (exact) mass is 415 g/mol. The van der Waals surface area contributed by atoms with Crippen molar-refractivity contribution in [3.05, 3.63) is 18.5 Å². The molecule has 0 spiro atoms. The van der Waals surface area contributed by atoms with E-state index in [1.165, 1.54) is 57.8 Å². The summed E-state index contributed by atoms with van der Waals surface area (Å²) in [4.78, 5) is 21.5. The topological polar surface area (TPSA) is 45.2 Å². The summed E-state index contributed by atoms with van der Waals surface area (Å²) in [6.45, 7) is 8.23. The molecule has 1 amide bonds. The van der Waals surface area contributed by atoms with Crippen LogP contribution in [0.5, 0.6) is 0 Å². The summed E-state index contributed by atoms with van der Waals surface area (Å²) in [5.41, 5.74) is 2.98. The number of rotatable bonds is 6. The van der Waals surface area contributed by atoms with Crippen LogP contribution in [0.2, 0.25) is 0 Å². The summed E-state index contributed by atoms with van der Waals surface area (Å²) >= 11 is 1.81. The second kappa shape index (κ2) is 11.6. The standard InChI is InChI=1S/C24H37N3OS/c1-3-20-23(29-4-2)22(27-16-12-9-13-17-27)21(18-25-20)26-24(28)19-14-10-7-5-6-8-11-15-19/h3,18-19H,1,4-17H2,2H3,(H,26,28). The lowest BCUT2D eigenvalue weighted by Crippen LogP contribution is -2.32. The van der Waals surface area contributed by atoms with Gasteiger partial charge in [-0.15, -0.1) is 11.8 Å². The van der Waals surface area contributed by atoms with Gasteiger partial charge < -0.3 is 10.2 Å². The van der Waals surface area contributed by atoms with E-state index in [0.717, 1.165) is 53.6 Å². The summed E-state index contributed by atoms with van der Waals surface area (Å²) in [5, 5.41) is 3.31. The maximum atomic E-state index is 13.2. The third-order valence-corrected chi connectivity index (χ3v) is 7.15. The highest BCUT2D eigenvalue weighted by Gasteiger charge is 2.25. The van der Waals surface area contributed by atoms with E-state index in [1.54, 1.807) is 11.8 Å². The van der Waals surface area contributed by atoms with E-state index in [9.17, 15) is 4.79 Å². The lowest BCUT2D eigenvalue weighted by atomic mass is 9.96. The van der Waals surface area contributed by atoms with Gasteiger partial charge in [-0.25, -0.2) is 0 Å². The highest BCUT2D eigenvalue weighted by molar-refractivity contribution is 7.99. The van der Waals surface area contributed by atoms with Crippen molar-refractivity contribution >= 4 is 35.1 Å². The Morgan fingerprint density at radius 3 is 2.38 bits per heavy atom. The number of carbonyl (C=O) groups excluding carboxylic acids is 1. The minimum atomic E-state index is 0.128. The molecule has 1 aromatic rings. The smallest absolute Gasteiger partial charge is 0.227 e. The molecule has 0 radical (unpaired) electrons. The summed E-state index contributed by atoms with van der Waals surface area (Å²) in [6, 6.07) is 0. The van der Waals surface area contributed by atoms with E-state index in [1.807, 2.05) is 12.3 Å². The Balaban J connectivity index is 1.87. The van der Waals surface area contributed by atoms with E-state index in [-0.39, 0.29) is 11.8 Å². The van der Waals surface area contributed by atoms with Crippen LogP contribution < -0.4 is 10.2 Å². The fourth-order valence-electron chi connectivity index (χ4n) is 4.58. The van der Waals surface area contributed by atoms with Gasteiger partial charge in [-0.1, -0.05) is 52.0 Å². The SMILES string of the molecule is C=Cc1ncc(NC(=O)C2CCCCCCCC2)c(N2CCCCC2)c1SCC. The van der Waals surface area contributed by atoms with Crippen molar-refractivity contribution in [1.29, 1.82) is 0 Å². The minimum absolute atomic E-state index is 0.128. The fraction of sp³-hybridized carbons (Fsp3) is 0.667. The second-order valence-corrected chi connectivity index (χ2v) is 9.58. The zero-order valence-electron chi connectivity index (χ0n) is 18.0. The Morgan fingerprint density at radius 1 is 1.14 bits per heavy atom. The summed E-state index contributed by atoms with van der Waals surface area (Å²) in [5.74, 6) is 1.29. The molecule has 1 aromatic heterocycles. The van der Waals surface area contributed by atoms with Gasteiger partial charge in [0.1, 0.15) is 0 Å². The molecule has 29 heavy (non-hydrogen) atoms. The molecule has 1 aliphatic carbocycles. The molecule has 0 atom stereocenters. The number of amides is 1. The first-order valence-electron chi connectivity index (χ1n) is 11.6. The van der Waals surface area contributed by atoms with E-state index in [4.69, 9.17) is 0 Å². The summed E-state index contributed by atoms with van der Waals surface area (Å²) < 4.78 is 0. The molecule has 160 valence electrons. The number of piperidine rings is 1. The summed E-state index contributed by atoms with van der Waals surface area (Å²) in [7, 11) is 0. The highest BCUT2D eigenvalue weighted by atomic mass is 32.2. The molecule has 0 bridgehead atoms. The van der Waals surface area contributed by atoms with Crippen LogP contribution in [-0.2, 0) is 4.79 Å². The molecule has 0 unspecified atom stereocenters. The molecule has 1 aliphatic heterocycles. The number of thioether (sulfide) groups is 1. The zero-order chi connectivity index (χ0) is 20.5. The Kier molecular flexibility index (Phi) is 8.91. The molecule has 2 fully saturated rings. The third kappa shape index (κ3) is 6.00. The molecule has 1 saturated carbocycles. The summed E-state index contributed by atoms with van der Waals surface area (Å²) in [6.07, 6.45) is 16.9. The van der Waals surface area contributed by atoms with E-state index in [2.05, 4.69) is 28.7 Å². The van der Waals surface area contributed by atoms with Crippen LogP contribution in [0, 0.1) is 5.92 Å². The Bertz CT molecular complexity index is 675. The Morgan fingerprint density at radius 2 is 1.76 bits per heavy atom. The van der Waals surface area contributed by atoms with Gasteiger partial charge in [0.2, 0.25) is 5.91 Å². The number of aromatic nitrogens is 1. The predicted octanol–water partition coefficient (Wildman–Crippen LogP) is 6.52. The highest BCUT2D eigenvalue weighted by Crippen LogP contribution is 2.40. The van der Waals surface area contributed by atoms with E-state index < -0.39 is 0 Å². The Labute approximate surface area is 180 Å². The first kappa shape index (κ1) is 22.2. The van der Waals surface area contributed by atoms with Crippen molar-refractivity contribution in [2.45, 2.75) is 82.4 Å². The first-order chi connectivity index (χ1) is 14.2. The fourth-order valence-corrected chi connectivity index (χ4v) is 5.53. The molecule has 2 heterocycles. The van der Waals surface area contributed by atoms with Gasteiger partial charge in [0, 0.05) is 19.0 Å². The lowest BCUT2D eigenvalue weighted by molar-refractivity contribution is -0.120. The van der Waals surface area contributed by atoms with Crippen molar-refractivity contribution in [2.75, 3.05) is 29.1 Å².